The summed E-state index contributed by atoms with van der Waals surface area (Å²) in [4.78, 5) is 22.9. The lowest BCUT2D eigenvalue weighted by Crippen LogP contribution is -2.18. The average Bonchev–Trinajstić information content (AvgIpc) is 3.06. The number of thiophene rings is 1. The summed E-state index contributed by atoms with van der Waals surface area (Å²) in [6.45, 7) is 6.21. The number of aryl methyl sites for hydroxylation is 2. The molecule has 3 heterocycles. The Morgan fingerprint density at radius 3 is 2.52 bits per heavy atom. The Balaban J connectivity index is 1.76. The number of rotatable bonds is 6. The summed E-state index contributed by atoms with van der Waals surface area (Å²) in [6, 6.07) is 17.0. The number of aromatic nitrogens is 2. The van der Waals surface area contributed by atoms with Gasteiger partial charge >= 0.3 is 0 Å². The highest BCUT2D eigenvalue weighted by Crippen LogP contribution is 2.40. The third kappa shape index (κ3) is 4.64. The molecule has 0 spiro atoms. The van der Waals surface area contributed by atoms with Crippen LogP contribution in [0.1, 0.15) is 43.5 Å². The fourth-order valence-electron chi connectivity index (χ4n) is 3.48. The molecule has 0 fully saturated rings. The van der Waals surface area contributed by atoms with Crippen LogP contribution in [0.25, 0.3) is 0 Å². The van der Waals surface area contributed by atoms with Crippen LogP contribution in [0.15, 0.2) is 73.2 Å². The molecule has 0 radical (unpaired) electrons. The van der Waals surface area contributed by atoms with Gasteiger partial charge in [0.15, 0.2) is 0 Å². The number of amides is 1. The molecule has 1 unspecified atom stereocenters. The van der Waals surface area contributed by atoms with Crippen LogP contribution in [0.5, 0.6) is 0 Å². The van der Waals surface area contributed by atoms with E-state index in [1.807, 2.05) is 67.7 Å². The molecule has 5 nitrogen and oxygen atoms in total. The molecule has 0 aliphatic heterocycles. The minimum atomic E-state index is -0.209. The summed E-state index contributed by atoms with van der Waals surface area (Å²) in [5.74, 6) is 0.652. The SMILES string of the molecule is Cc1ccnc(NC(c2cccnc2)c2c(NC(=O)c3ccccc3)sc(C)c2C)c1. The van der Waals surface area contributed by atoms with Gasteiger partial charge in [-0.3, -0.25) is 9.78 Å². The highest BCUT2D eigenvalue weighted by Gasteiger charge is 2.25. The Morgan fingerprint density at radius 1 is 1.00 bits per heavy atom. The largest absolute Gasteiger partial charge is 0.359 e. The molecule has 4 aromatic rings. The van der Waals surface area contributed by atoms with Crippen LogP contribution in [-0.2, 0) is 0 Å². The first-order valence-electron chi connectivity index (χ1n) is 10.1. The predicted octanol–water partition coefficient (Wildman–Crippen LogP) is 5.92. The molecule has 1 aromatic carbocycles. The lowest BCUT2D eigenvalue weighted by Gasteiger charge is -2.22. The zero-order valence-electron chi connectivity index (χ0n) is 17.7. The van der Waals surface area contributed by atoms with Crippen molar-refractivity contribution in [3.63, 3.8) is 0 Å². The summed E-state index contributed by atoms with van der Waals surface area (Å²) in [6.07, 6.45) is 5.40. The molecular formula is C25H24N4OS. The number of carbonyl (C=O) groups excluding carboxylic acids is 1. The Hall–Kier alpha value is -3.51. The Morgan fingerprint density at radius 2 is 1.81 bits per heavy atom. The van der Waals surface area contributed by atoms with E-state index >= 15 is 0 Å². The summed E-state index contributed by atoms with van der Waals surface area (Å²) < 4.78 is 0. The van der Waals surface area contributed by atoms with Crippen LogP contribution in [0, 0.1) is 20.8 Å². The van der Waals surface area contributed by atoms with Crippen molar-refractivity contribution < 1.29 is 4.79 Å². The second kappa shape index (κ2) is 9.10. The Kier molecular flexibility index (Phi) is 6.09. The van der Waals surface area contributed by atoms with Crippen LogP contribution in [-0.4, -0.2) is 15.9 Å². The first kappa shape index (κ1) is 20.8. The molecular weight excluding hydrogens is 404 g/mol. The number of anilines is 2. The highest BCUT2D eigenvalue weighted by atomic mass is 32.1. The van der Waals surface area contributed by atoms with E-state index < -0.39 is 0 Å². The topological polar surface area (TPSA) is 66.9 Å². The third-order valence-electron chi connectivity index (χ3n) is 5.21. The first-order chi connectivity index (χ1) is 15.0. The molecule has 156 valence electrons. The van der Waals surface area contributed by atoms with Crippen LogP contribution in [0.4, 0.5) is 10.8 Å². The van der Waals surface area contributed by atoms with Crippen molar-refractivity contribution in [2.75, 3.05) is 10.6 Å². The van der Waals surface area contributed by atoms with Gasteiger partial charge in [0.25, 0.3) is 5.91 Å². The van der Waals surface area contributed by atoms with Gasteiger partial charge in [-0.2, -0.15) is 0 Å². The summed E-state index contributed by atoms with van der Waals surface area (Å²) in [5.41, 5.74) is 4.93. The van der Waals surface area contributed by atoms with E-state index in [2.05, 4.69) is 34.4 Å². The Labute approximate surface area is 186 Å². The molecule has 0 aliphatic rings. The Bertz CT molecular complexity index is 1190. The monoisotopic (exact) mass is 428 g/mol. The minimum absolute atomic E-state index is 0.123. The molecule has 0 saturated carbocycles. The summed E-state index contributed by atoms with van der Waals surface area (Å²) >= 11 is 1.59. The molecule has 6 heteroatoms. The smallest absolute Gasteiger partial charge is 0.256 e. The van der Waals surface area contributed by atoms with Gasteiger partial charge in [-0.1, -0.05) is 24.3 Å². The quantitative estimate of drug-likeness (QED) is 0.400. The van der Waals surface area contributed by atoms with Crippen LogP contribution in [0.3, 0.4) is 0 Å². The van der Waals surface area contributed by atoms with Gasteiger partial charge in [0.1, 0.15) is 10.8 Å². The first-order valence-corrected chi connectivity index (χ1v) is 10.9. The number of nitrogens with zero attached hydrogens (tertiary/aromatic N) is 2. The van der Waals surface area contributed by atoms with E-state index in [4.69, 9.17) is 0 Å². The second-order valence-corrected chi connectivity index (χ2v) is 8.65. The maximum absolute atomic E-state index is 12.9. The van der Waals surface area contributed by atoms with E-state index in [0.717, 1.165) is 37.9 Å². The molecule has 3 aromatic heterocycles. The van der Waals surface area contributed by atoms with Crippen molar-refractivity contribution in [3.05, 3.63) is 106 Å². The molecule has 1 atom stereocenters. The van der Waals surface area contributed by atoms with Gasteiger partial charge in [0, 0.05) is 34.6 Å². The number of carbonyl (C=O) groups is 1. The van der Waals surface area contributed by atoms with E-state index in [0.29, 0.717) is 5.56 Å². The van der Waals surface area contributed by atoms with Crippen LogP contribution in [0.2, 0.25) is 0 Å². The molecule has 31 heavy (non-hydrogen) atoms. The molecule has 4 rings (SSSR count). The summed E-state index contributed by atoms with van der Waals surface area (Å²) in [7, 11) is 0. The molecule has 0 bridgehead atoms. The molecule has 1 amide bonds. The highest BCUT2D eigenvalue weighted by molar-refractivity contribution is 7.16. The number of nitrogens with one attached hydrogen (secondary N) is 2. The fourth-order valence-corrected chi connectivity index (χ4v) is 4.58. The lowest BCUT2D eigenvalue weighted by atomic mass is 9.97. The molecule has 0 aliphatic carbocycles. The normalized spacial score (nSPS) is 11.7. The number of benzene rings is 1. The van der Waals surface area contributed by atoms with Gasteiger partial charge < -0.3 is 10.6 Å². The van der Waals surface area contributed by atoms with Crippen molar-refractivity contribution >= 4 is 28.1 Å². The lowest BCUT2D eigenvalue weighted by molar-refractivity contribution is 0.102. The zero-order chi connectivity index (χ0) is 21.8. The van der Waals surface area contributed by atoms with Crippen molar-refractivity contribution in [1.82, 2.24) is 9.97 Å². The molecule has 0 saturated heterocycles. The predicted molar refractivity (Wildman–Crippen MR) is 127 cm³/mol. The zero-order valence-corrected chi connectivity index (χ0v) is 18.5. The number of pyridine rings is 2. The minimum Gasteiger partial charge on any atom is -0.359 e. The number of hydrogen-bond acceptors (Lipinski definition) is 5. The standard InChI is InChI=1S/C25H24N4OS/c1-16-11-13-27-21(14-16)28-23(20-10-7-12-26-15-20)22-17(2)18(3)31-25(22)29-24(30)19-8-5-4-6-9-19/h4-15,23H,1-3H3,(H,27,28)(H,29,30). The molecule has 2 N–H and O–H groups in total. The van der Waals surface area contributed by atoms with Gasteiger partial charge in [-0.25, -0.2) is 4.98 Å². The maximum Gasteiger partial charge on any atom is 0.256 e. The maximum atomic E-state index is 12.9. The van der Waals surface area contributed by atoms with Crippen molar-refractivity contribution in [2.45, 2.75) is 26.8 Å². The van der Waals surface area contributed by atoms with E-state index in [1.165, 1.54) is 0 Å². The van der Waals surface area contributed by atoms with Gasteiger partial charge in [-0.15, -0.1) is 11.3 Å². The van der Waals surface area contributed by atoms with Gasteiger partial charge in [0.05, 0.1) is 6.04 Å². The van der Waals surface area contributed by atoms with Crippen LogP contribution < -0.4 is 10.6 Å². The van der Waals surface area contributed by atoms with Gasteiger partial charge in [0.2, 0.25) is 0 Å². The van der Waals surface area contributed by atoms with Crippen molar-refractivity contribution in [1.29, 1.82) is 0 Å². The second-order valence-electron chi connectivity index (χ2n) is 7.43. The average molecular weight is 429 g/mol. The summed E-state index contributed by atoms with van der Waals surface area (Å²) in [5, 5.41) is 7.53. The van der Waals surface area contributed by atoms with Crippen molar-refractivity contribution in [3.8, 4) is 0 Å². The van der Waals surface area contributed by atoms with E-state index in [-0.39, 0.29) is 11.9 Å². The van der Waals surface area contributed by atoms with Crippen LogP contribution >= 0.6 is 11.3 Å². The van der Waals surface area contributed by atoms with Gasteiger partial charge in [-0.05, 0) is 67.8 Å². The number of hydrogen-bond donors (Lipinski definition) is 2. The fraction of sp³-hybridized carbons (Fsp3) is 0.160. The van der Waals surface area contributed by atoms with E-state index in [9.17, 15) is 4.79 Å². The third-order valence-corrected chi connectivity index (χ3v) is 6.35. The van der Waals surface area contributed by atoms with Crippen molar-refractivity contribution in [2.24, 2.45) is 0 Å². The van der Waals surface area contributed by atoms with E-state index in [1.54, 1.807) is 23.7 Å².